The summed E-state index contributed by atoms with van der Waals surface area (Å²) in [7, 11) is 0. The Balaban J connectivity index is 0.00000121. The van der Waals surface area contributed by atoms with Crippen LogP contribution in [-0.4, -0.2) is 35.0 Å². The van der Waals surface area contributed by atoms with Gasteiger partial charge in [-0.15, -0.1) is 0 Å². The van der Waals surface area contributed by atoms with Crippen molar-refractivity contribution in [1.29, 1.82) is 0 Å². The SMILES string of the molecule is CCCCN1C=CN(CC)C1.O. The van der Waals surface area contributed by atoms with E-state index in [9.17, 15) is 0 Å². The highest BCUT2D eigenvalue weighted by atomic mass is 16.0. The Kier molecular flexibility index (Phi) is 5.54. The molecule has 2 N–H and O–H groups in total. The van der Waals surface area contributed by atoms with Gasteiger partial charge in [-0.2, -0.15) is 0 Å². The standard InChI is InChI=1S/C9H18N2.H2O/c1-3-5-6-11-8-7-10(4-2)9-11;/h7-8H,3-6,9H2,1-2H3;1H2. The summed E-state index contributed by atoms with van der Waals surface area (Å²) < 4.78 is 0. The second-order valence-electron chi connectivity index (χ2n) is 3.01. The van der Waals surface area contributed by atoms with E-state index in [1.165, 1.54) is 19.4 Å². The molecule has 0 aromatic carbocycles. The van der Waals surface area contributed by atoms with Crippen LogP contribution >= 0.6 is 0 Å². The number of unbranched alkanes of at least 4 members (excludes halogenated alkanes) is 1. The summed E-state index contributed by atoms with van der Waals surface area (Å²) in [5, 5.41) is 0. The molecule has 0 saturated carbocycles. The van der Waals surface area contributed by atoms with E-state index in [4.69, 9.17) is 0 Å². The Morgan fingerprint density at radius 3 is 2.33 bits per heavy atom. The van der Waals surface area contributed by atoms with Gasteiger partial charge in [0.05, 0.1) is 6.67 Å². The van der Waals surface area contributed by atoms with Gasteiger partial charge in [-0.1, -0.05) is 13.3 Å². The molecule has 0 fully saturated rings. The van der Waals surface area contributed by atoms with Crippen LogP contribution in [0.3, 0.4) is 0 Å². The summed E-state index contributed by atoms with van der Waals surface area (Å²) in [6.07, 6.45) is 6.97. The van der Waals surface area contributed by atoms with Crippen molar-refractivity contribution in [1.82, 2.24) is 9.80 Å². The van der Waals surface area contributed by atoms with E-state index < -0.39 is 0 Å². The Morgan fingerprint density at radius 2 is 1.83 bits per heavy atom. The van der Waals surface area contributed by atoms with Crippen molar-refractivity contribution in [2.75, 3.05) is 19.8 Å². The second-order valence-corrected chi connectivity index (χ2v) is 3.01. The lowest BCUT2D eigenvalue weighted by Crippen LogP contribution is -2.25. The Bertz CT molecular complexity index is 136. The Morgan fingerprint density at radius 1 is 1.17 bits per heavy atom. The topological polar surface area (TPSA) is 38.0 Å². The smallest absolute Gasteiger partial charge is 0.0893 e. The molecule has 72 valence electrons. The first-order chi connectivity index (χ1) is 5.36. The molecule has 0 aliphatic carbocycles. The number of hydrogen-bond donors (Lipinski definition) is 0. The molecule has 3 heteroatoms. The molecule has 1 rings (SSSR count). The lowest BCUT2D eigenvalue weighted by molar-refractivity contribution is 0.270. The summed E-state index contributed by atoms with van der Waals surface area (Å²) >= 11 is 0. The summed E-state index contributed by atoms with van der Waals surface area (Å²) in [5.41, 5.74) is 0. The van der Waals surface area contributed by atoms with E-state index in [1.807, 2.05) is 0 Å². The van der Waals surface area contributed by atoms with Crippen molar-refractivity contribution in [2.24, 2.45) is 0 Å². The van der Waals surface area contributed by atoms with Gasteiger partial charge in [0, 0.05) is 25.5 Å². The van der Waals surface area contributed by atoms with Gasteiger partial charge in [0.15, 0.2) is 0 Å². The van der Waals surface area contributed by atoms with Gasteiger partial charge in [-0.25, -0.2) is 0 Å². The maximum atomic E-state index is 2.37. The van der Waals surface area contributed by atoms with E-state index >= 15 is 0 Å². The quantitative estimate of drug-likeness (QED) is 0.635. The highest BCUT2D eigenvalue weighted by molar-refractivity contribution is 4.89. The van der Waals surface area contributed by atoms with E-state index in [0.29, 0.717) is 0 Å². The third-order valence-electron chi connectivity index (χ3n) is 2.06. The van der Waals surface area contributed by atoms with Gasteiger partial charge < -0.3 is 15.3 Å². The van der Waals surface area contributed by atoms with Gasteiger partial charge in [0.2, 0.25) is 0 Å². The molecule has 0 spiro atoms. The van der Waals surface area contributed by atoms with E-state index in [1.54, 1.807) is 0 Å². The fourth-order valence-corrected chi connectivity index (χ4v) is 1.23. The van der Waals surface area contributed by atoms with Crippen LogP contribution in [0, 0.1) is 0 Å². The summed E-state index contributed by atoms with van der Waals surface area (Å²) in [6, 6.07) is 0. The maximum absolute atomic E-state index is 2.37. The van der Waals surface area contributed by atoms with Gasteiger partial charge in [-0.3, -0.25) is 0 Å². The monoisotopic (exact) mass is 172 g/mol. The minimum atomic E-state index is 0. The first-order valence-electron chi connectivity index (χ1n) is 4.53. The molecule has 0 unspecified atom stereocenters. The zero-order valence-electron chi connectivity index (χ0n) is 8.08. The van der Waals surface area contributed by atoms with Crippen LogP contribution in [0.1, 0.15) is 26.7 Å². The molecule has 0 amide bonds. The molecule has 12 heavy (non-hydrogen) atoms. The molecule has 1 aliphatic rings. The van der Waals surface area contributed by atoms with E-state index in [2.05, 4.69) is 36.0 Å². The van der Waals surface area contributed by atoms with Gasteiger partial charge in [0.25, 0.3) is 0 Å². The van der Waals surface area contributed by atoms with Crippen LogP contribution in [0.2, 0.25) is 0 Å². The lowest BCUT2D eigenvalue weighted by atomic mass is 10.3. The second kappa shape index (κ2) is 5.89. The van der Waals surface area contributed by atoms with Crippen LogP contribution < -0.4 is 0 Å². The maximum Gasteiger partial charge on any atom is 0.0893 e. The zero-order valence-corrected chi connectivity index (χ0v) is 8.08. The van der Waals surface area contributed by atoms with Gasteiger partial charge >= 0.3 is 0 Å². The molecule has 0 saturated heterocycles. The van der Waals surface area contributed by atoms with Crippen LogP contribution in [0.4, 0.5) is 0 Å². The number of rotatable bonds is 4. The highest BCUT2D eigenvalue weighted by Gasteiger charge is 2.08. The van der Waals surface area contributed by atoms with Crippen LogP contribution in [-0.2, 0) is 0 Å². The predicted molar refractivity (Wildman–Crippen MR) is 51.6 cm³/mol. The van der Waals surface area contributed by atoms with Crippen LogP contribution in [0.25, 0.3) is 0 Å². The van der Waals surface area contributed by atoms with Gasteiger partial charge in [-0.05, 0) is 13.3 Å². The third kappa shape index (κ3) is 3.13. The van der Waals surface area contributed by atoms with Crippen molar-refractivity contribution >= 4 is 0 Å². The van der Waals surface area contributed by atoms with E-state index in [0.717, 1.165) is 13.2 Å². The van der Waals surface area contributed by atoms with Crippen LogP contribution in [0.5, 0.6) is 0 Å². The predicted octanol–water partition coefficient (Wildman–Crippen LogP) is 1.03. The lowest BCUT2D eigenvalue weighted by Gasteiger charge is -2.19. The summed E-state index contributed by atoms with van der Waals surface area (Å²) in [5.74, 6) is 0. The van der Waals surface area contributed by atoms with Crippen molar-refractivity contribution < 1.29 is 5.48 Å². The third-order valence-corrected chi connectivity index (χ3v) is 2.06. The van der Waals surface area contributed by atoms with Crippen LogP contribution in [0.15, 0.2) is 12.4 Å². The average Bonchev–Trinajstić information content (AvgIpc) is 2.48. The fourth-order valence-electron chi connectivity index (χ4n) is 1.23. The molecule has 0 bridgehead atoms. The molecular formula is C9H20N2O. The number of hydrogen-bond acceptors (Lipinski definition) is 2. The molecule has 0 aromatic rings. The Hall–Kier alpha value is -0.700. The first kappa shape index (κ1) is 11.3. The van der Waals surface area contributed by atoms with Crippen molar-refractivity contribution in [3.8, 4) is 0 Å². The zero-order chi connectivity index (χ0) is 8.10. The largest absolute Gasteiger partial charge is 0.412 e. The molecule has 1 heterocycles. The van der Waals surface area contributed by atoms with Crippen molar-refractivity contribution in [3.63, 3.8) is 0 Å². The van der Waals surface area contributed by atoms with Gasteiger partial charge in [0.1, 0.15) is 0 Å². The first-order valence-corrected chi connectivity index (χ1v) is 4.53. The molecule has 3 nitrogen and oxygen atoms in total. The highest BCUT2D eigenvalue weighted by Crippen LogP contribution is 2.06. The minimum Gasteiger partial charge on any atom is -0.412 e. The Labute approximate surface area is 75.0 Å². The fraction of sp³-hybridized carbons (Fsp3) is 0.778. The van der Waals surface area contributed by atoms with Crippen molar-refractivity contribution in [2.45, 2.75) is 26.7 Å². The van der Waals surface area contributed by atoms with Crippen molar-refractivity contribution in [3.05, 3.63) is 12.4 Å². The average molecular weight is 172 g/mol. The normalized spacial score (nSPS) is 15.2. The molecular weight excluding hydrogens is 152 g/mol. The summed E-state index contributed by atoms with van der Waals surface area (Å²) in [4.78, 5) is 4.68. The van der Waals surface area contributed by atoms with E-state index in [-0.39, 0.29) is 5.48 Å². The number of nitrogens with zero attached hydrogens (tertiary/aromatic N) is 2. The molecule has 0 aromatic heterocycles. The molecule has 0 radical (unpaired) electrons. The molecule has 1 aliphatic heterocycles. The summed E-state index contributed by atoms with van der Waals surface area (Å²) in [6.45, 7) is 7.85. The minimum absolute atomic E-state index is 0. The molecule has 0 atom stereocenters.